The molecule has 1 aliphatic heterocycles. The fourth-order valence-electron chi connectivity index (χ4n) is 3.36. The summed E-state index contributed by atoms with van der Waals surface area (Å²) >= 11 is 1.32. The highest BCUT2D eigenvalue weighted by Crippen LogP contribution is 2.35. The van der Waals surface area contributed by atoms with Crippen LogP contribution in [0.3, 0.4) is 0 Å². The number of nitrogens with zero attached hydrogens (tertiary/aromatic N) is 2. The molecule has 0 saturated carbocycles. The summed E-state index contributed by atoms with van der Waals surface area (Å²) in [5.74, 6) is -0.109. The van der Waals surface area contributed by atoms with Crippen molar-refractivity contribution in [2.75, 3.05) is 17.6 Å². The van der Waals surface area contributed by atoms with Crippen LogP contribution in [0, 0.1) is 0 Å². The summed E-state index contributed by atoms with van der Waals surface area (Å²) in [7, 11) is 0. The molecule has 140 valence electrons. The summed E-state index contributed by atoms with van der Waals surface area (Å²) in [6, 6.07) is 8.93. The summed E-state index contributed by atoms with van der Waals surface area (Å²) in [6.45, 7) is 6.25. The van der Waals surface area contributed by atoms with Gasteiger partial charge in [0.15, 0.2) is 0 Å². The number of hydrogen-bond donors (Lipinski definition) is 3. The van der Waals surface area contributed by atoms with E-state index in [9.17, 15) is 9.90 Å². The number of rotatable bonds is 3. The molecule has 2 aromatic heterocycles. The van der Waals surface area contributed by atoms with E-state index in [1.807, 2.05) is 0 Å². The van der Waals surface area contributed by atoms with Gasteiger partial charge in [-0.2, -0.15) is 0 Å². The molecule has 3 aromatic rings. The second-order valence-electron chi connectivity index (χ2n) is 7.11. The highest BCUT2D eigenvalue weighted by molar-refractivity contribution is 7.21. The molecular weight excluding hydrogens is 360 g/mol. The van der Waals surface area contributed by atoms with E-state index >= 15 is 0 Å². The molecule has 0 saturated heterocycles. The van der Waals surface area contributed by atoms with Gasteiger partial charge in [-0.1, -0.05) is 0 Å². The van der Waals surface area contributed by atoms with Gasteiger partial charge < -0.3 is 16.2 Å². The van der Waals surface area contributed by atoms with Crippen LogP contribution in [0.15, 0.2) is 30.3 Å². The predicted molar refractivity (Wildman–Crippen MR) is 109 cm³/mol. The second-order valence-corrected chi connectivity index (χ2v) is 8.11. The molecule has 0 spiro atoms. The number of nitrogens with one attached hydrogen (secondary N) is 1. The number of fused-ring (bicyclic) bond motifs is 2. The molecule has 1 amide bonds. The molecule has 0 fully saturated rings. The largest absolute Gasteiger partial charge is 0.508 e. The fraction of sp³-hybridized carbons (Fsp3) is 0.300. The summed E-state index contributed by atoms with van der Waals surface area (Å²) in [5.41, 5.74) is 9.68. The number of aromatic nitrogens is 1. The van der Waals surface area contributed by atoms with Gasteiger partial charge in [-0.05, 0) is 49.7 Å². The maximum atomic E-state index is 12.7. The number of amides is 1. The van der Waals surface area contributed by atoms with E-state index in [4.69, 9.17) is 10.7 Å². The SMILES string of the molecule is CC(C)N1CCc2nc3sc(C(=O)Nc4ccc(O)cc4)c(N)c3cc2C1. The van der Waals surface area contributed by atoms with Crippen molar-refractivity contribution in [1.82, 2.24) is 9.88 Å². The van der Waals surface area contributed by atoms with Gasteiger partial charge in [0, 0.05) is 42.3 Å². The first-order valence-corrected chi connectivity index (χ1v) is 9.79. The maximum absolute atomic E-state index is 12.7. The Morgan fingerprint density at radius 1 is 1.33 bits per heavy atom. The van der Waals surface area contributed by atoms with Gasteiger partial charge in [0.05, 0.1) is 5.69 Å². The molecule has 7 heteroatoms. The number of pyridine rings is 1. The topological polar surface area (TPSA) is 91.5 Å². The lowest BCUT2D eigenvalue weighted by Crippen LogP contribution is -2.36. The van der Waals surface area contributed by atoms with Crippen molar-refractivity contribution < 1.29 is 9.90 Å². The lowest BCUT2D eigenvalue weighted by Gasteiger charge is -2.31. The van der Waals surface area contributed by atoms with Crippen molar-refractivity contribution in [2.24, 2.45) is 0 Å². The number of phenolic OH excluding ortho intramolecular Hbond substituents is 1. The minimum absolute atomic E-state index is 0.152. The highest BCUT2D eigenvalue weighted by Gasteiger charge is 2.23. The Balaban J connectivity index is 1.66. The standard InChI is InChI=1S/C20H22N4O2S/c1-11(2)24-8-7-16-12(10-24)9-15-17(21)18(27-20(15)23-16)19(26)22-13-3-5-14(25)6-4-13/h3-6,9,11,25H,7-8,10,21H2,1-2H3,(H,22,26). The lowest BCUT2D eigenvalue weighted by atomic mass is 10.0. The Hall–Kier alpha value is -2.64. The number of carbonyl (C=O) groups excluding carboxylic acids is 1. The quantitative estimate of drug-likeness (QED) is 0.602. The van der Waals surface area contributed by atoms with Gasteiger partial charge in [0.2, 0.25) is 0 Å². The van der Waals surface area contributed by atoms with E-state index in [1.54, 1.807) is 12.1 Å². The van der Waals surface area contributed by atoms with Crippen LogP contribution in [0.5, 0.6) is 5.75 Å². The van der Waals surface area contributed by atoms with Crippen molar-refractivity contribution in [3.63, 3.8) is 0 Å². The summed E-state index contributed by atoms with van der Waals surface area (Å²) in [5, 5.41) is 13.0. The predicted octanol–water partition coefficient (Wildman–Crippen LogP) is 3.60. The Kier molecular flexibility index (Phi) is 4.49. The Labute approximate surface area is 161 Å². The molecule has 1 aromatic carbocycles. The average Bonchev–Trinajstić information content (AvgIpc) is 2.97. The van der Waals surface area contributed by atoms with Gasteiger partial charge in [0.1, 0.15) is 15.5 Å². The van der Waals surface area contributed by atoms with Crippen molar-refractivity contribution >= 4 is 38.8 Å². The first-order chi connectivity index (χ1) is 12.9. The van der Waals surface area contributed by atoms with Crippen LogP contribution < -0.4 is 11.1 Å². The lowest BCUT2D eigenvalue weighted by molar-refractivity contribution is 0.103. The maximum Gasteiger partial charge on any atom is 0.267 e. The van der Waals surface area contributed by atoms with E-state index in [0.717, 1.165) is 35.4 Å². The Bertz CT molecular complexity index is 1010. The number of nitrogen functional groups attached to an aromatic ring is 1. The molecule has 0 aliphatic carbocycles. The molecule has 6 nitrogen and oxygen atoms in total. The normalized spacial score (nSPS) is 14.5. The van der Waals surface area contributed by atoms with Crippen LogP contribution in [0.25, 0.3) is 10.2 Å². The third-order valence-corrected chi connectivity index (χ3v) is 6.07. The van der Waals surface area contributed by atoms with Crippen LogP contribution in [0.4, 0.5) is 11.4 Å². The van der Waals surface area contributed by atoms with Crippen LogP contribution in [0.2, 0.25) is 0 Å². The zero-order chi connectivity index (χ0) is 19.1. The number of aromatic hydroxyl groups is 1. The zero-order valence-electron chi connectivity index (χ0n) is 15.3. The van der Waals surface area contributed by atoms with Crippen LogP contribution in [-0.2, 0) is 13.0 Å². The zero-order valence-corrected chi connectivity index (χ0v) is 16.1. The number of nitrogens with two attached hydrogens (primary N) is 1. The minimum Gasteiger partial charge on any atom is -0.508 e. The molecule has 27 heavy (non-hydrogen) atoms. The van der Waals surface area contributed by atoms with E-state index < -0.39 is 0 Å². The van der Waals surface area contributed by atoms with Crippen molar-refractivity contribution in [1.29, 1.82) is 0 Å². The van der Waals surface area contributed by atoms with E-state index in [2.05, 4.69) is 30.1 Å². The molecule has 0 atom stereocenters. The van der Waals surface area contributed by atoms with Gasteiger partial charge >= 0.3 is 0 Å². The molecule has 0 radical (unpaired) electrons. The van der Waals surface area contributed by atoms with E-state index in [0.29, 0.717) is 22.3 Å². The second kappa shape index (κ2) is 6.83. The molecule has 0 unspecified atom stereocenters. The number of carbonyl (C=O) groups is 1. The average molecular weight is 382 g/mol. The summed E-state index contributed by atoms with van der Waals surface area (Å²) < 4.78 is 0. The Morgan fingerprint density at radius 2 is 2.07 bits per heavy atom. The highest BCUT2D eigenvalue weighted by atomic mass is 32.1. The van der Waals surface area contributed by atoms with E-state index in [1.165, 1.54) is 29.0 Å². The minimum atomic E-state index is -0.261. The molecule has 4 N–H and O–H groups in total. The van der Waals surface area contributed by atoms with Crippen molar-refractivity contribution in [2.45, 2.75) is 32.9 Å². The molecule has 4 rings (SSSR count). The number of phenols is 1. The van der Waals surface area contributed by atoms with Crippen LogP contribution in [-0.4, -0.2) is 33.5 Å². The van der Waals surface area contributed by atoms with E-state index in [-0.39, 0.29) is 11.7 Å². The third-order valence-electron chi connectivity index (χ3n) is 4.96. The summed E-state index contributed by atoms with van der Waals surface area (Å²) in [4.78, 5) is 21.1. The molecular formula is C20H22N4O2S. The molecule has 0 bridgehead atoms. The smallest absolute Gasteiger partial charge is 0.267 e. The van der Waals surface area contributed by atoms with Crippen LogP contribution >= 0.6 is 11.3 Å². The van der Waals surface area contributed by atoms with Gasteiger partial charge in [-0.25, -0.2) is 4.98 Å². The first-order valence-electron chi connectivity index (χ1n) is 8.97. The third kappa shape index (κ3) is 3.36. The molecule has 3 heterocycles. The number of anilines is 2. The molecule has 1 aliphatic rings. The number of benzene rings is 1. The first kappa shape index (κ1) is 17.8. The van der Waals surface area contributed by atoms with Crippen molar-refractivity contribution in [3.05, 3.63) is 46.5 Å². The number of hydrogen-bond acceptors (Lipinski definition) is 6. The van der Waals surface area contributed by atoms with Gasteiger partial charge in [-0.3, -0.25) is 9.69 Å². The van der Waals surface area contributed by atoms with Crippen molar-refractivity contribution in [3.8, 4) is 5.75 Å². The summed E-state index contributed by atoms with van der Waals surface area (Å²) in [6.07, 6.45) is 0.913. The Morgan fingerprint density at radius 3 is 2.78 bits per heavy atom. The number of thiophene rings is 1. The van der Waals surface area contributed by atoms with Gasteiger partial charge in [0.25, 0.3) is 5.91 Å². The van der Waals surface area contributed by atoms with Crippen LogP contribution in [0.1, 0.15) is 34.8 Å². The fourth-order valence-corrected chi connectivity index (χ4v) is 4.35. The monoisotopic (exact) mass is 382 g/mol. The van der Waals surface area contributed by atoms with Gasteiger partial charge in [-0.15, -0.1) is 11.3 Å².